The second kappa shape index (κ2) is 11.8. The molecular formula is C36H46BN5O5. The first kappa shape index (κ1) is 31.9. The van der Waals surface area contributed by atoms with Crippen molar-refractivity contribution in [1.29, 1.82) is 0 Å². The predicted octanol–water partition coefficient (Wildman–Crippen LogP) is 4.86. The van der Waals surface area contributed by atoms with E-state index in [4.69, 9.17) is 14.1 Å². The SMILES string of the molecule is CC(C)C[C@H](NC(=O)C1(Cc2ccccc2)CC(CNC(=O)c2cccc3c2cnn3C)=NO1)B1O[C@@H]2C[C@@H]3C[C@@H](C3(C)C)[C@]2(C)O1. The number of rotatable bonds is 10. The van der Waals surface area contributed by atoms with E-state index in [1.807, 2.05) is 49.5 Å². The van der Waals surface area contributed by atoms with Crippen molar-refractivity contribution in [3.8, 4) is 0 Å². The molecule has 1 unspecified atom stereocenters. The lowest BCUT2D eigenvalue weighted by Gasteiger charge is -2.64. The van der Waals surface area contributed by atoms with Gasteiger partial charge in [0.15, 0.2) is 0 Å². The molecule has 2 amide bonds. The van der Waals surface area contributed by atoms with Crippen molar-refractivity contribution in [3.63, 3.8) is 0 Å². The van der Waals surface area contributed by atoms with Gasteiger partial charge in [-0.3, -0.25) is 14.3 Å². The molecule has 2 aliphatic heterocycles. The average molecular weight is 640 g/mol. The minimum absolute atomic E-state index is 0.0212. The summed E-state index contributed by atoms with van der Waals surface area (Å²) < 4.78 is 15.2. The van der Waals surface area contributed by atoms with Gasteiger partial charge in [-0.2, -0.15) is 5.10 Å². The highest BCUT2D eigenvalue weighted by atomic mass is 16.7. The minimum Gasteiger partial charge on any atom is -0.404 e. The van der Waals surface area contributed by atoms with Crippen molar-refractivity contribution in [2.45, 2.75) is 90.0 Å². The Kier molecular flexibility index (Phi) is 7.98. The number of aromatic nitrogens is 2. The Balaban J connectivity index is 1.08. The molecule has 3 aromatic rings. The fourth-order valence-corrected chi connectivity index (χ4v) is 8.63. The molecule has 2 aromatic carbocycles. The number of amides is 2. The number of hydrogen-bond donors (Lipinski definition) is 2. The molecule has 0 spiro atoms. The van der Waals surface area contributed by atoms with Gasteiger partial charge < -0.3 is 24.8 Å². The van der Waals surface area contributed by atoms with Crippen LogP contribution in [-0.4, -0.2) is 64.2 Å². The van der Waals surface area contributed by atoms with E-state index in [9.17, 15) is 9.59 Å². The number of oxime groups is 1. The third-order valence-corrected chi connectivity index (χ3v) is 11.4. The van der Waals surface area contributed by atoms with Gasteiger partial charge in [0, 0.05) is 25.3 Å². The fourth-order valence-electron chi connectivity index (χ4n) is 8.63. The van der Waals surface area contributed by atoms with E-state index in [1.165, 1.54) is 6.42 Å². The topological polar surface area (TPSA) is 116 Å². The second-order valence-corrected chi connectivity index (χ2v) is 15.3. The van der Waals surface area contributed by atoms with Gasteiger partial charge >= 0.3 is 7.12 Å². The zero-order valence-electron chi connectivity index (χ0n) is 28.3. The smallest absolute Gasteiger partial charge is 0.404 e. The summed E-state index contributed by atoms with van der Waals surface area (Å²) in [5.41, 5.74) is 1.54. The molecule has 8 rings (SSSR count). The lowest BCUT2D eigenvalue weighted by Crippen LogP contribution is -2.65. The van der Waals surface area contributed by atoms with Crippen molar-refractivity contribution in [2.24, 2.45) is 35.4 Å². The van der Waals surface area contributed by atoms with Gasteiger partial charge in [-0.25, -0.2) is 0 Å². The molecule has 2 bridgehead atoms. The summed E-state index contributed by atoms with van der Waals surface area (Å²) in [4.78, 5) is 33.8. The zero-order chi connectivity index (χ0) is 33.1. The molecule has 4 fully saturated rings. The Morgan fingerprint density at radius 3 is 2.62 bits per heavy atom. The summed E-state index contributed by atoms with van der Waals surface area (Å²) in [6, 6.07) is 15.4. The van der Waals surface area contributed by atoms with Crippen LogP contribution in [0.1, 0.15) is 76.2 Å². The lowest BCUT2D eigenvalue weighted by atomic mass is 9.43. The molecule has 248 valence electrons. The normalized spacial score (nSPS) is 29.6. The third-order valence-electron chi connectivity index (χ3n) is 11.4. The first-order valence-electron chi connectivity index (χ1n) is 17.0. The van der Waals surface area contributed by atoms with Crippen molar-refractivity contribution in [1.82, 2.24) is 20.4 Å². The maximum absolute atomic E-state index is 14.4. The van der Waals surface area contributed by atoms with Gasteiger partial charge in [0.1, 0.15) is 0 Å². The highest BCUT2D eigenvalue weighted by molar-refractivity contribution is 6.48. The van der Waals surface area contributed by atoms with Gasteiger partial charge in [-0.15, -0.1) is 0 Å². The molecule has 10 nitrogen and oxygen atoms in total. The van der Waals surface area contributed by atoms with Gasteiger partial charge in [-0.05, 0) is 67.1 Å². The van der Waals surface area contributed by atoms with Crippen LogP contribution >= 0.6 is 0 Å². The van der Waals surface area contributed by atoms with Crippen LogP contribution < -0.4 is 10.6 Å². The molecule has 3 aliphatic carbocycles. The second-order valence-electron chi connectivity index (χ2n) is 15.3. The zero-order valence-corrected chi connectivity index (χ0v) is 28.3. The molecule has 5 aliphatic rings. The molecule has 2 N–H and O–H groups in total. The van der Waals surface area contributed by atoms with Crippen LogP contribution in [0.15, 0.2) is 59.9 Å². The largest absolute Gasteiger partial charge is 0.481 e. The first-order valence-corrected chi connectivity index (χ1v) is 17.0. The van der Waals surface area contributed by atoms with Crippen LogP contribution in [0.5, 0.6) is 0 Å². The molecule has 11 heteroatoms. The van der Waals surface area contributed by atoms with Crippen LogP contribution in [0.2, 0.25) is 0 Å². The van der Waals surface area contributed by atoms with Crippen molar-refractivity contribution < 1.29 is 23.7 Å². The summed E-state index contributed by atoms with van der Waals surface area (Å²) in [7, 11) is 1.30. The molecule has 1 saturated heterocycles. The highest BCUT2D eigenvalue weighted by Crippen LogP contribution is 2.65. The van der Waals surface area contributed by atoms with E-state index in [0.717, 1.165) is 22.9 Å². The van der Waals surface area contributed by atoms with Crippen molar-refractivity contribution >= 4 is 35.5 Å². The van der Waals surface area contributed by atoms with Crippen molar-refractivity contribution in [3.05, 3.63) is 65.9 Å². The number of benzene rings is 2. The lowest BCUT2D eigenvalue weighted by molar-refractivity contribution is -0.199. The maximum atomic E-state index is 14.4. The van der Waals surface area contributed by atoms with Crippen molar-refractivity contribution in [2.75, 3.05) is 6.54 Å². The number of carbonyl (C=O) groups excluding carboxylic acids is 2. The molecular weight excluding hydrogens is 593 g/mol. The number of hydrogen-bond acceptors (Lipinski definition) is 7. The van der Waals surface area contributed by atoms with Crippen LogP contribution in [0, 0.1) is 23.2 Å². The van der Waals surface area contributed by atoms with Gasteiger partial charge in [0.2, 0.25) is 5.60 Å². The minimum atomic E-state index is -1.28. The van der Waals surface area contributed by atoms with E-state index in [1.54, 1.807) is 16.9 Å². The highest BCUT2D eigenvalue weighted by Gasteiger charge is 2.68. The van der Waals surface area contributed by atoms with E-state index < -0.39 is 12.7 Å². The van der Waals surface area contributed by atoms with Crippen LogP contribution in [0.3, 0.4) is 0 Å². The number of carbonyl (C=O) groups is 2. The third kappa shape index (κ3) is 5.55. The van der Waals surface area contributed by atoms with Crippen LogP contribution in [0.25, 0.3) is 10.9 Å². The number of nitrogens with one attached hydrogen (secondary N) is 2. The summed E-state index contributed by atoms with van der Waals surface area (Å²) in [5, 5.41) is 15.7. The van der Waals surface area contributed by atoms with E-state index >= 15 is 0 Å². The van der Waals surface area contributed by atoms with Crippen LogP contribution in [0.4, 0.5) is 0 Å². The number of nitrogens with zero attached hydrogens (tertiary/aromatic N) is 3. The summed E-state index contributed by atoms with van der Waals surface area (Å²) in [6.07, 6.45) is 5.13. The Labute approximate surface area is 277 Å². The molecule has 6 atom stereocenters. The Hall–Kier alpha value is -3.70. The Morgan fingerprint density at radius 2 is 1.87 bits per heavy atom. The van der Waals surface area contributed by atoms with Gasteiger partial charge in [0.25, 0.3) is 11.8 Å². The molecule has 1 aromatic heterocycles. The standard InChI is InChI=1S/C36H46BN5O5/c1-22(2)15-31(37-45-30-17-24-16-29(34(24,3)4)35(30,5)46-37)40-33(44)36(18-23-11-8-7-9-12-23)19-25(41-47-36)20-38-32(43)26-13-10-14-28-27(26)21-39-42(28)6/h7-14,21-22,24,29-31H,15-20H2,1-6H3,(H,38,43)(H,40,44)/t24-,29-,30+,31-,35-,36?/m0/s1. The number of fused-ring (bicyclic) bond motifs is 1. The van der Waals surface area contributed by atoms with Crippen LogP contribution in [-0.2, 0) is 32.4 Å². The summed E-state index contributed by atoms with van der Waals surface area (Å²) in [5.74, 6) is 0.520. The van der Waals surface area contributed by atoms with Gasteiger partial charge in [0.05, 0.1) is 47.2 Å². The number of aryl methyl sites for hydroxylation is 1. The Morgan fingerprint density at radius 1 is 1.09 bits per heavy atom. The summed E-state index contributed by atoms with van der Waals surface area (Å²) in [6.45, 7) is 11.3. The van der Waals surface area contributed by atoms with E-state index in [-0.39, 0.29) is 47.8 Å². The molecule has 3 saturated carbocycles. The molecule has 0 radical (unpaired) electrons. The van der Waals surface area contributed by atoms with E-state index in [2.05, 4.69) is 55.5 Å². The van der Waals surface area contributed by atoms with E-state index in [0.29, 0.717) is 41.9 Å². The maximum Gasteiger partial charge on any atom is 0.481 e. The Bertz CT molecular complexity index is 1710. The monoisotopic (exact) mass is 639 g/mol. The fraction of sp³-hybridized carbons (Fsp3) is 0.556. The predicted molar refractivity (Wildman–Crippen MR) is 181 cm³/mol. The quantitative estimate of drug-likeness (QED) is 0.306. The average Bonchev–Trinajstić information content (AvgIpc) is 3.74. The summed E-state index contributed by atoms with van der Waals surface area (Å²) >= 11 is 0. The molecule has 3 heterocycles. The van der Waals surface area contributed by atoms with Gasteiger partial charge in [-0.1, -0.05) is 69.2 Å². The first-order chi connectivity index (χ1) is 22.4. The molecule has 47 heavy (non-hydrogen) atoms.